The Morgan fingerprint density at radius 2 is 1.04 bits per heavy atom. The van der Waals surface area contributed by atoms with E-state index in [1.54, 1.807) is 72.8 Å². The minimum absolute atomic E-state index is 0. The van der Waals surface area contributed by atoms with Crippen LogP contribution in [0.15, 0.2) is 93.9 Å². The van der Waals surface area contributed by atoms with Gasteiger partial charge in [-0.25, -0.2) is 17.6 Å². The van der Waals surface area contributed by atoms with Crippen LogP contribution in [0.1, 0.15) is 0 Å². The summed E-state index contributed by atoms with van der Waals surface area (Å²) in [5.41, 5.74) is 1.09. The van der Waals surface area contributed by atoms with E-state index in [4.69, 9.17) is 47.5 Å². The molecule has 2 N–H and O–H groups in total. The summed E-state index contributed by atoms with van der Waals surface area (Å²) in [6, 6.07) is 22.7. The van der Waals surface area contributed by atoms with Crippen LogP contribution in [0.25, 0.3) is 22.3 Å². The van der Waals surface area contributed by atoms with E-state index in [2.05, 4.69) is 31.9 Å². The number of rotatable bonds is 6. The Hall–Kier alpha value is -3.26. The first-order valence-electron chi connectivity index (χ1n) is 13.3. The first-order chi connectivity index (χ1) is 22.4. The standard InChI is InChI=1S/C20H15ClF2O2.C7H9BO3.C6HBr2ClF2.CH3/c1-24-16-9-5-3-7-12(16)14-11-15(21)20(23)18(19(14)22)13-8-4-6-10-17(13)25-2;1-11-7-5-3-2-4-6(7)8(9)10;7-2-1-3(9)6(11)4(8)5(2)10;/h3-11H,1-2H3;2-5,9-10H,1H3;1H;1H3/q;;;-1. The lowest BCUT2D eigenvalue weighted by Gasteiger charge is -2.15. The molecule has 0 spiro atoms. The van der Waals surface area contributed by atoms with Gasteiger partial charge in [-0.05, 0) is 62.2 Å². The SMILES string of the molecule is COc1ccccc1-c1cc(Cl)c(F)c(-c2ccccc2OC)c1F.COc1ccccc1B(O)O.Fc1c(Cl)cc(Br)c(F)c1Br.[CH3-]. The van der Waals surface area contributed by atoms with Crippen molar-refractivity contribution in [1.82, 2.24) is 0 Å². The second-order valence-electron chi connectivity index (χ2n) is 9.21. The van der Waals surface area contributed by atoms with E-state index in [1.165, 1.54) is 27.4 Å². The summed E-state index contributed by atoms with van der Waals surface area (Å²) in [5, 5.41) is 17.3. The van der Waals surface area contributed by atoms with Gasteiger partial charge in [0.15, 0.2) is 17.5 Å². The van der Waals surface area contributed by atoms with Gasteiger partial charge in [0.25, 0.3) is 0 Å². The zero-order valence-corrected chi connectivity index (χ0v) is 30.5. The van der Waals surface area contributed by atoms with E-state index in [0.717, 1.165) is 6.07 Å². The Labute approximate surface area is 303 Å². The zero-order chi connectivity index (χ0) is 34.8. The molecule has 0 saturated heterocycles. The molecular formula is C34H28BBr2Cl2F4O5-. The lowest BCUT2D eigenvalue weighted by Crippen LogP contribution is -2.30. The van der Waals surface area contributed by atoms with Crippen molar-refractivity contribution in [3.8, 4) is 39.5 Å². The number of methoxy groups -OCH3 is 3. The van der Waals surface area contributed by atoms with Crippen LogP contribution >= 0.6 is 55.1 Å². The van der Waals surface area contributed by atoms with Gasteiger partial charge in [-0.1, -0.05) is 77.8 Å². The normalized spacial score (nSPS) is 10.0. The molecule has 5 aromatic carbocycles. The first kappa shape index (κ1) is 40.9. The van der Waals surface area contributed by atoms with Crippen LogP contribution in [0.2, 0.25) is 10.0 Å². The fourth-order valence-electron chi connectivity index (χ4n) is 4.18. The average molecular weight is 834 g/mol. The van der Waals surface area contributed by atoms with Crippen molar-refractivity contribution < 1.29 is 41.8 Å². The van der Waals surface area contributed by atoms with Crippen LogP contribution in [0.3, 0.4) is 0 Å². The molecule has 0 saturated carbocycles. The molecule has 0 fully saturated rings. The predicted molar refractivity (Wildman–Crippen MR) is 191 cm³/mol. The average Bonchev–Trinajstić information content (AvgIpc) is 3.08. The molecule has 0 atom stereocenters. The first-order valence-corrected chi connectivity index (χ1v) is 15.6. The van der Waals surface area contributed by atoms with Crippen LogP contribution < -0.4 is 19.7 Å². The van der Waals surface area contributed by atoms with Crippen molar-refractivity contribution in [3.63, 3.8) is 0 Å². The Morgan fingerprint density at radius 3 is 1.56 bits per heavy atom. The number of para-hydroxylation sites is 3. The van der Waals surface area contributed by atoms with Gasteiger partial charge in [-0.2, -0.15) is 0 Å². The summed E-state index contributed by atoms with van der Waals surface area (Å²) in [7, 11) is 2.95. The molecule has 5 rings (SSSR count). The molecule has 5 nitrogen and oxygen atoms in total. The van der Waals surface area contributed by atoms with Crippen molar-refractivity contribution >= 4 is 67.6 Å². The minimum atomic E-state index is -1.47. The third kappa shape index (κ3) is 9.67. The molecule has 48 heavy (non-hydrogen) atoms. The van der Waals surface area contributed by atoms with Crippen molar-refractivity contribution in [3.05, 3.63) is 135 Å². The predicted octanol–water partition coefficient (Wildman–Crippen LogP) is 9.94. The van der Waals surface area contributed by atoms with E-state index >= 15 is 4.39 Å². The fraction of sp³-hybridized carbons (Fsp3) is 0.0882. The number of ether oxygens (including phenoxy) is 3. The Kier molecular flexibility index (Phi) is 16.3. The summed E-state index contributed by atoms with van der Waals surface area (Å²) in [6.45, 7) is 0. The van der Waals surface area contributed by atoms with Crippen LogP contribution in [-0.4, -0.2) is 38.5 Å². The van der Waals surface area contributed by atoms with E-state index in [-0.39, 0.29) is 37.5 Å². The molecule has 254 valence electrons. The summed E-state index contributed by atoms with van der Waals surface area (Å²) in [4.78, 5) is 0. The van der Waals surface area contributed by atoms with E-state index in [1.807, 2.05) is 0 Å². The number of hydrogen-bond donors (Lipinski definition) is 2. The molecule has 0 radical (unpaired) electrons. The highest BCUT2D eigenvalue weighted by Crippen LogP contribution is 2.42. The molecule has 0 heterocycles. The van der Waals surface area contributed by atoms with Gasteiger partial charge in [0.05, 0.1) is 45.9 Å². The molecule has 14 heteroatoms. The third-order valence-electron chi connectivity index (χ3n) is 6.40. The van der Waals surface area contributed by atoms with Crippen LogP contribution in [0.4, 0.5) is 17.6 Å². The third-order valence-corrected chi connectivity index (χ3v) is 8.23. The highest BCUT2D eigenvalue weighted by Gasteiger charge is 2.24. The number of benzene rings is 5. The molecule has 0 aliphatic heterocycles. The highest BCUT2D eigenvalue weighted by molar-refractivity contribution is 9.11. The van der Waals surface area contributed by atoms with Gasteiger partial charge in [0.2, 0.25) is 0 Å². The lowest BCUT2D eigenvalue weighted by atomic mass is 9.80. The van der Waals surface area contributed by atoms with Gasteiger partial charge >= 0.3 is 7.12 Å². The van der Waals surface area contributed by atoms with Crippen LogP contribution in [-0.2, 0) is 0 Å². The monoisotopic (exact) mass is 831 g/mol. The molecule has 0 unspecified atom stereocenters. The van der Waals surface area contributed by atoms with Crippen LogP contribution in [0, 0.1) is 30.7 Å². The largest absolute Gasteiger partial charge is 0.497 e. The second-order valence-corrected chi connectivity index (χ2v) is 11.7. The minimum Gasteiger partial charge on any atom is -0.497 e. The molecular weight excluding hydrogens is 806 g/mol. The maximum atomic E-state index is 15.3. The Bertz CT molecular complexity index is 1820. The highest BCUT2D eigenvalue weighted by atomic mass is 79.9. The topological polar surface area (TPSA) is 68.2 Å². The molecule has 0 amide bonds. The summed E-state index contributed by atoms with van der Waals surface area (Å²) in [6.07, 6.45) is 0. The Morgan fingerprint density at radius 1 is 0.583 bits per heavy atom. The van der Waals surface area contributed by atoms with E-state index in [9.17, 15) is 13.2 Å². The van der Waals surface area contributed by atoms with E-state index < -0.39 is 30.4 Å². The molecule has 0 aliphatic carbocycles. The fourth-order valence-corrected chi connectivity index (χ4v) is 5.95. The molecule has 5 aromatic rings. The molecule has 0 aromatic heterocycles. The summed E-state index contributed by atoms with van der Waals surface area (Å²) in [5.74, 6) is -1.72. The van der Waals surface area contributed by atoms with Crippen molar-refractivity contribution in [2.24, 2.45) is 0 Å². The van der Waals surface area contributed by atoms with Gasteiger partial charge in [0, 0.05) is 22.2 Å². The van der Waals surface area contributed by atoms with Crippen molar-refractivity contribution in [1.29, 1.82) is 0 Å². The lowest BCUT2D eigenvalue weighted by molar-refractivity contribution is 0.403. The molecule has 0 aliphatic rings. The van der Waals surface area contributed by atoms with Gasteiger partial charge < -0.3 is 31.7 Å². The summed E-state index contributed by atoms with van der Waals surface area (Å²) >= 11 is 17.0. The zero-order valence-electron chi connectivity index (χ0n) is 25.8. The Balaban J connectivity index is 0.000000289. The summed E-state index contributed by atoms with van der Waals surface area (Å²) < 4.78 is 70.8. The maximum Gasteiger partial charge on any atom is 0.492 e. The van der Waals surface area contributed by atoms with Crippen LogP contribution in [0.5, 0.6) is 17.2 Å². The van der Waals surface area contributed by atoms with Gasteiger partial charge in [-0.3, -0.25) is 0 Å². The second kappa shape index (κ2) is 19.1. The molecule has 0 bridgehead atoms. The van der Waals surface area contributed by atoms with Crippen molar-refractivity contribution in [2.45, 2.75) is 0 Å². The maximum absolute atomic E-state index is 15.3. The van der Waals surface area contributed by atoms with Gasteiger partial charge in [0.1, 0.15) is 23.1 Å². The smallest absolute Gasteiger partial charge is 0.492 e. The van der Waals surface area contributed by atoms with E-state index in [0.29, 0.717) is 33.8 Å². The van der Waals surface area contributed by atoms with Crippen molar-refractivity contribution in [2.75, 3.05) is 21.3 Å². The number of halogens is 8. The number of hydrogen-bond acceptors (Lipinski definition) is 5. The quantitative estimate of drug-likeness (QED) is 0.0587. The van der Waals surface area contributed by atoms with Gasteiger partial charge in [-0.15, -0.1) is 0 Å².